The molecule has 15 heteroatoms. The summed E-state index contributed by atoms with van der Waals surface area (Å²) in [5, 5.41) is 25.5. The van der Waals surface area contributed by atoms with Crippen LogP contribution in [-0.2, 0) is 43.0 Å². The van der Waals surface area contributed by atoms with Crippen LogP contribution in [0.2, 0.25) is 0 Å². The van der Waals surface area contributed by atoms with Crippen molar-refractivity contribution in [3.05, 3.63) is 12.7 Å². The molecule has 48 heavy (non-hydrogen) atoms. The summed E-state index contributed by atoms with van der Waals surface area (Å²) in [6.07, 6.45) is 15.5. The lowest BCUT2D eigenvalue weighted by Gasteiger charge is -2.06. The lowest BCUT2D eigenvalue weighted by atomic mass is 10.1. The molecule has 9 N–H and O–H groups in total. The summed E-state index contributed by atoms with van der Waals surface area (Å²) in [6, 6.07) is -2.47. The van der Waals surface area contributed by atoms with Crippen LogP contribution in [0, 0.1) is 12.3 Å². The molecule has 0 heterocycles. The predicted octanol–water partition coefficient (Wildman–Crippen LogP) is 2.91. The van der Waals surface area contributed by atoms with Gasteiger partial charge in [0.15, 0.2) is 0 Å². The van der Waals surface area contributed by atoms with E-state index in [1.165, 1.54) is 0 Å². The van der Waals surface area contributed by atoms with Crippen LogP contribution in [0.5, 0.6) is 0 Å². The van der Waals surface area contributed by atoms with E-state index < -0.39 is 36.0 Å². The van der Waals surface area contributed by atoms with Gasteiger partial charge in [-0.15, -0.1) is 18.9 Å². The second-order valence-electron chi connectivity index (χ2n) is 10.6. The van der Waals surface area contributed by atoms with Crippen LogP contribution in [0.1, 0.15) is 110 Å². The van der Waals surface area contributed by atoms with Crippen LogP contribution in [0.4, 0.5) is 0 Å². The molecule has 276 valence electrons. The quantitative estimate of drug-likeness (QED) is 0.0251. The van der Waals surface area contributed by atoms with E-state index in [1.54, 1.807) is 6.08 Å². The zero-order valence-electron chi connectivity index (χ0n) is 28.3. The predicted molar refractivity (Wildman–Crippen MR) is 178 cm³/mol. The van der Waals surface area contributed by atoms with E-state index in [0.717, 1.165) is 12.8 Å². The fraction of sp³-hybridized carbons (Fsp3) is 0.697. The highest BCUT2D eigenvalue weighted by atomic mass is 16.5. The summed E-state index contributed by atoms with van der Waals surface area (Å²) in [6.45, 7) is 6.48. The van der Waals surface area contributed by atoms with Crippen LogP contribution >= 0.6 is 0 Å². The second-order valence-corrected chi connectivity index (χ2v) is 10.6. The van der Waals surface area contributed by atoms with Crippen molar-refractivity contribution in [1.29, 1.82) is 0 Å². The number of carboxylic acids is 3. The number of esters is 3. The number of ether oxygens (including phenoxy) is 3. The van der Waals surface area contributed by atoms with Gasteiger partial charge in [-0.25, -0.2) is 0 Å². The van der Waals surface area contributed by atoms with Gasteiger partial charge in [-0.2, -0.15) is 0 Å². The Morgan fingerprint density at radius 1 is 0.646 bits per heavy atom. The van der Waals surface area contributed by atoms with Crippen LogP contribution in [0.3, 0.4) is 0 Å². The van der Waals surface area contributed by atoms with Crippen molar-refractivity contribution in [2.45, 2.75) is 128 Å². The van der Waals surface area contributed by atoms with Gasteiger partial charge in [0, 0.05) is 19.3 Å². The van der Waals surface area contributed by atoms with E-state index in [-0.39, 0.29) is 30.9 Å². The molecule has 0 saturated heterocycles. The van der Waals surface area contributed by atoms with Crippen LogP contribution in [0.25, 0.3) is 0 Å². The number of hydrogen-bond acceptors (Lipinski definition) is 12. The highest BCUT2D eigenvalue weighted by Gasteiger charge is 2.12. The monoisotopic (exact) mass is 687 g/mol. The Morgan fingerprint density at radius 3 is 1.31 bits per heavy atom. The SMILES string of the molecule is C#CCCC(=O)OCCCC[C@H](N)C(=O)O.C=CCCC(=O)OCCCC[C@H](N)C(=O)O.CCCCC(=O)OCCCC[C@H](N)C(=O)O. The Hall–Kier alpha value is -4.00. The summed E-state index contributed by atoms with van der Waals surface area (Å²) in [4.78, 5) is 64.2. The fourth-order valence-electron chi connectivity index (χ4n) is 3.26. The van der Waals surface area contributed by atoms with Crippen molar-refractivity contribution >= 4 is 35.8 Å². The van der Waals surface area contributed by atoms with Gasteiger partial charge >= 0.3 is 35.8 Å². The molecular formula is C33H57N3O12. The number of terminal acetylenes is 1. The first-order valence-electron chi connectivity index (χ1n) is 16.2. The number of aliphatic carboxylic acids is 3. The summed E-state index contributed by atoms with van der Waals surface area (Å²) >= 11 is 0. The molecule has 0 unspecified atom stereocenters. The maximum absolute atomic E-state index is 11.1. The Labute approximate surface area is 283 Å². The number of allylic oxidation sites excluding steroid dienone is 1. The van der Waals surface area contributed by atoms with Crippen molar-refractivity contribution < 1.29 is 58.3 Å². The van der Waals surface area contributed by atoms with Gasteiger partial charge < -0.3 is 46.7 Å². The summed E-state index contributed by atoms with van der Waals surface area (Å²) < 4.78 is 14.7. The smallest absolute Gasteiger partial charge is 0.320 e. The average Bonchev–Trinajstić information content (AvgIpc) is 3.04. The van der Waals surface area contributed by atoms with E-state index in [4.69, 9.17) is 53.2 Å². The lowest BCUT2D eigenvalue weighted by molar-refractivity contribution is -0.144. The Balaban J connectivity index is -0.000000633. The number of carboxylic acid groups (broad SMARTS) is 3. The molecule has 0 bridgehead atoms. The highest BCUT2D eigenvalue weighted by Crippen LogP contribution is 2.04. The van der Waals surface area contributed by atoms with Crippen molar-refractivity contribution in [2.75, 3.05) is 19.8 Å². The molecule has 0 saturated carbocycles. The van der Waals surface area contributed by atoms with Crippen molar-refractivity contribution in [1.82, 2.24) is 0 Å². The average molecular weight is 688 g/mol. The van der Waals surface area contributed by atoms with Gasteiger partial charge in [-0.1, -0.05) is 19.4 Å². The molecular weight excluding hydrogens is 630 g/mol. The van der Waals surface area contributed by atoms with Gasteiger partial charge in [-0.05, 0) is 70.6 Å². The Kier molecular flexibility index (Phi) is 34.6. The first kappa shape index (κ1) is 48.4. The maximum atomic E-state index is 11.1. The van der Waals surface area contributed by atoms with E-state index in [1.807, 2.05) is 6.92 Å². The minimum Gasteiger partial charge on any atom is -0.480 e. The molecule has 15 nitrogen and oxygen atoms in total. The highest BCUT2D eigenvalue weighted by molar-refractivity contribution is 5.73. The van der Waals surface area contributed by atoms with Gasteiger partial charge in [0.25, 0.3) is 0 Å². The number of carbonyl (C=O) groups excluding carboxylic acids is 3. The third kappa shape index (κ3) is 36.5. The number of carbonyl (C=O) groups is 6. The van der Waals surface area contributed by atoms with E-state index >= 15 is 0 Å². The molecule has 0 aromatic carbocycles. The normalized spacial score (nSPS) is 11.8. The van der Waals surface area contributed by atoms with Crippen LogP contribution in [-0.4, -0.2) is 89.1 Å². The lowest BCUT2D eigenvalue weighted by Crippen LogP contribution is -2.29. The first-order valence-corrected chi connectivity index (χ1v) is 16.2. The number of rotatable bonds is 26. The van der Waals surface area contributed by atoms with Crippen LogP contribution in [0.15, 0.2) is 12.7 Å². The molecule has 0 amide bonds. The molecule has 0 radical (unpaired) electrons. The molecule has 0 aliphatic carbocycles. The second kappa shape index (κ2) is 34.3. The van der Waals surface area contributed by atoms with Gasteiger partial charge in [0.2, 0.25) is 0 Å². The number of hydrogen-bond donors (Lipinski definition) is 6. The third-order valence-electron chi connectivity index (χ3n) is 6.23. The molecule has 0 rings (SSSR count). The first-order chi connectivity index (χ1) is 22.7. The van der Waals surface area contributed by atoms with Gasteiger partial charge in [-0.3, -0.25) is 28.8 Å². The molecule has 3 atom stereocenters. The molecule has 0 aliphatic heterocycles. The van der Waals surface area contributed by atoms with Gasteiger partial charge in [0.1, 0.15) is 18.1 Å². The molecule has 0 aromatic heterocycles. The number of nitrogens with two attached hydrogens (primary N) is 3. The topological polar surface area (TPSA) is 269 Å². The van der Waals surface area contributed by atoms with E-state index in [9.17, 15) is 28.8 Å². The van der Waals surface area contributed by atoms with E-state index in [2.05, 4.69) is 12.5 Å². The number of unbranched alkanes of at least 4 members (excludes halogenated alkanes) is 4. The standard InChI is InChI=1S/C11H21NO4.C11H19NO4.C11H17NO4/c3*1-2-3-7-10(13)16-8-5-4-6-9(12)11(14)15/h9H,2-8,12H2,1H3,(H,14,15);2,9H,1,3-8,12H2,(H,14,15);1,9H,3-8,12H2,(H,14,15)/t3*9-/m000/s1. The summed E-state index contributed by atoms with van der Waals surface area (Å²) in [5.74, 6) is -1.39. The van der Waals surface area contributed by atoms with Crippen molar-refractivity contribution in [3.8, 4) is 12.3 Å². The van der Waals surface area contributed by atoms with E-state index in [0.29, 0.717) is 96.7 Å². The molecule has 0 aliphatic rings. The van der Waals surface area contributed by atoms with Crippen molar-refractivity contribution in [3.63, 3.8) is 0 Å². The third-order valence-corrected chi connectivity index (χ3v) is 6.23. The zero-order valence-corrected chi connectivity index (χ0v) is 28.3. The van der Waals surface area contributed by atoms with Crippen LogP contribution < -0.4 is 17.2 Å². The molecule has 0 spiro atoms. The summed E-state index contributed by atoms with van der Waals surface area (Å²) in [5.41, 5.74) is 15.9. The summed E-state index contributed by atoms with van der Waals surface area (Å²) in [7, 11) is 0. The van der Waals surface area contributed by atoms with Gasteiger partial charge in [0.05, 0.1) is 26.2 Å². The minimum absolute atomic E-state index is 0.176. The Morgan fingerprint density at radius 2 is 1.00 bits per heavy atom. The largest absolute Gasteiger partial charge is 0.480 e. The molecule has 0 fully saturated rings. The Bertz CT molecular complexity index is 968. The fourth-order valence-corrected chi connectivity index (χ4v) is 3.26. The molecule has 0 aromatic rings. The van der Waals surface area contributed by atoms with Crippen molar-refractivity contribution in [2.24, 2.45) is 17.2 Å². The maximum Gasteiger partial charge on any atom is 0.320 e. The minimum atomic E-state index is -1.01. The zero-order chi connectivity index (χ0) is 37.2.